The van der Waals surface area contributed by atoms with Gasteiger partial charge in [0.15, 0.2) is 0 Å². The molecule has 0 amide bonds. The second kappa shape index (κ2) is 6.03. The van der Waals surface area contributed by atoms with Crippen LogP contribution in [0.25, 0.3) is 0 Å². The first-order valence-corrected chi connectivity index (χ1v) is 5.18. The molecule has 0 fully saturated rings. The topological polar surface area (TPSA) is 53.6 Å². The van der Waals surface area contributed by atoms with Gasteiger partial charge in [-0.15, -0.1) is 0 Å². The highest BCUT2D eigenvalue weighted by Gasteiger charge is 2.06. The fourth-order valence-corrected chi connectivity index (χ4v) is 1.24. The third-order valence-electron chi connectivity index (χ3n) is 1.94. The van der Waals surface area contributed by atoms with Crippen LogP contribution in [0.4, 0.5) is 5.69 Å². The van der Waals surface area contributed by atoms with E-state index in [2.05, 4.69) is 10.4 Å². The average Bonchev–Trinajstić information content (AvgIpc) is 2.77. The molecule has 2 rings (SSSR count). The number of nitrogens with one attached hydrogen (secondary N) is 1. The van der Waals surface area contributed by atoms with Crippen LogP contribution < -0.4 is 11.2 Å². The minimum Gasteiger partial charge on any atom is -0.399 e. The van der Waals surface area contributed by atoms with Crippen LogP contribution in [-0.4, -0.2) is 18.0 Å². The van der Waals surface area contributed by atoms with Crippen LogP contribution >= 0.6 is 0 Å². The maximum absolute atomic E-state index is 5.58. The van der Waals surface area contributed by atoms with Crippen molar-refractivity contribution in [1.82, 2.24) is 10.4 Å². The van der Waals surface area contributed by atoms with Gasteiger partial charge in [0.1, 0.15) is 6.67 Å². The van der Waals surface area contributed by atoms with E-state index in [0.29, 0.717) is 6.67 Å². The minimum absolute atomic E-state index is 0.713. The number of nitrogens with two attached hydrogens (primary N) is 1. The van der Waals surface area contributed by atoms with Crippen molar-refractivity contribution in [2.24, 2.45) is 4.99 Å². The van der Waals surface area contributed by atoms with Gasteiger partial charge in [-0.2, -0.15) is 5.01 Å². The molecule has 0 atom stereocenters. The number of hydrogen-bond acceptors (Lipinski definition) is 4. The van der Waals surface area contributed by atoms with Crippen LogP contribution in [0.2, 0.25) is 0 Å². The molecular weight excluding hydrogens is 188 g/mol. The molecule has 0 saturated heterocycles. The molecule has 1 heterocycles. The van der Waals surface area contributed by atoms with E-state index in [0.717, 1.165) is 12.2 Å². The Labute approximate surface area is 90.8 Å². The third kappa shape index (κ3) is 3.59. The molecule has 0 aromatic heterocycles. The number of rotatable bonds is 2. The lowest BCUT2D eigenvalue weighted by atomic mass is 10.2. The van der Waals surface area contributed by atoms with E-state index in [1.165, 1.54) is 5.56 Å². The summed E-state index contributed by atoms with van der Waals surface area (Å²) in [6.07, 6.45) is 1.71. The van der Waals surface area contributed by atoms with Crippen LogP contribution in [0.5, 0.6) is 0 Å². The Morgan fingerprint density at radius 2 is 2.00 bits per heavy atom. The number of nitrogens with zero attached hydrogens (tertiary/aromatic N) is 2. The molecule has 0 radical (unpaired) electrons. The molecule has 0 unspecified atom stereocenters. The molecule has 0 spiro atoms. The van der Waals surface area contributed by atoms with Crippen LogP contribution in [-0.2, 0) is 6.54 Å². The minimum atomic E-state index is 0.713. The smallest absolute Gasteiger partial charge is 0.110 e. The van der Waals surface area contributed by atoms with E-state index in [1.54, 1.807) is 6.34 Å². The molecule has 4 heteroatoms. The Morgan fingerprint density at radius 1 is 1.33 bits per heavy atom. The summed E-state index contributed by atoms with van der Waals surface area (Å²) in [5, 5.41) is 2.02. The van der Waals surface area contributed by atoms with Crippen molar-refractivity contribution in [1.29, 1.82) is 0 Å². The van der Waals surface area contributed by atoms with Gasteiger partial charge in [0, 0.05) is 12.2 Å². The van der Waals surface area contributed by atoms with Crippen LogP contribution in [0.3, 0.4) is 0 Å². The number of hydrogen-bond donors (Lipinski definition) is 2. The van der Waals surface area contributed by atoms with E-state index in [9.17, 15) is 0 Å². The Morgan fingerprint density at radius 3 is 2.53 bits per heavy atom. The molecule has 15 heavy (non-hydrogen) atoms. The van der Waals surface area contributed by atoms with Crippen molar-refractivity contribution in [2.45, 2.75) is 20.4 Å². The van der Waals surface area contributed by atoms with E-state index in [1.807, 2.05) is 43.1 Å². The lowest BCUT2D eigenvalue weighted by Crippen LogP contribution is -2.30. The number of anilines is 1. The SMILES string of the molecule is CC.Nc1ccc(CN2CN=CN2)cc1. The quantitative estimate of drug-likeness (QED) is 0.723. The molecule has 1 aliphatic rings. The van der Waals surface area contributed by atoms with E-state index < -0.39 is 0 Å². The zero-order valence-electron chi connectivity index (χ0n) is 9.27. The van der Waals surface area contributed by atoms with Gasteiger partial charge in [-0.05, 0) is 17.7 Å². The van der Waals surface area contributed by atoms with Crippen molar-refractivity contribution in [3.63, 3.8) is 0 Å². The molecular formula is C11H18N4. The molecule has 4 nitrogen and oxygen atoms in total. The number of hydrazine groups is 1. The third-order valence-corrected chi connectivity index (χ3v) is 1.94. The van der Waals surface area contributed by atoms with Gasteiger partial charge >= 0.3 is 0 Å². The summed E-state index contributed by atoms with van der Waals surface area (Å²) < 4.78 is 0. The summed E-state index contributed by atoms with van der Waals surface area (Å²) in [6.45, 7) is 5.56. The Bertz CT molecular complexity index is 297. The molecule has 0 aliphatic carbocycles. The molecule has 1 aromatic rings. The van der Waals surface area contributed by atoms with E-state index >= 15 is 0 Å². The summed E-state index contributed by atoms with van der Waals surface area (Å²) in [5.41, 5.74) is 10.6. The summed E-state index contributed by atoms with van der Waals surface area (Å²) in [5.74, 6) is 0. The van der Waals surface area contributed by atoms with Gasteiger partial charge in [0.05, 0.1) is 6.34 Å². The maximum atomic E-state index is 5.58. The Hall–Kier alpha value is -1.55. The molecule has 0 bridgehead atoms. The largest absolute Gasteiger partial charge is 0.399 e. The average molecular weight is 206 g/mol. The van der Waals surface area contributed by atoms with Crippen molar-refractivity contribution >= 4 is 12.0 Å². The predicted octanol–water partition coefficient (Wildman–Crippen LogP) is 1.60. The van der Waals surface area contributed by atoms with Crippen molar-refractivity contribution in [3.8, 4) is 0 Å². The van der Waals surface area contributed by atoms with Crippen molar-refractivity contribution in [2.75, 3.05) is 12.4 Å². The highest BCUT2D eigenvalue weighted by Crippen LogP contribution is 2.07. The first-order chi connectivity index (χ1) is 7.34. The molecule has 82 valence electrons. The summed E-state index contributed by atoms with van der Waals surface area (Å²) in [6, 6.07) is 7.86. The van der Waals surface area contributed by atoms with E-state index in [-0.39, 0.29) is 0 Å². The number of nitrogen functional groups attached to an aromatic ring is 1. The first-order valence-electron chi connectivity index (χ1n) is 5.18. The zero-order chi connectivity index (χ0) is 11.1. The standard InChI is InChI=1S/C9H12N4.C2H6/c10-9-3-1-8(2-4-9)5-13-7-11-6-12-13;1-2/h1-4,6H,5,7,10H2,(H,11,12);1-2H3. The fraction of sp³-hybridized carbons (Fsp3) is 0.364. The second-order valence-corrected chi connectivity index (χ2v) is 3.02. The summed E-state index contributed by atoms with van der Waals surface area (Å²) in [4.78, 5) is 4.04. The van der Waals surface area contributed by atoms with Gasteiger partial charge in [0.25, 0.3) is 0 Å². The molecule has 1 aliphatic heterocycles. The van der Waals surface area contributed by atoms with Gasteiger partial charge in [-0.1, -0.05) is 26.0 Å². The Balaban J connectivity index is 0.000000531. The maximum Gasteiger partial charge on any atom is 0.110 e. The molecule has 0 saturated carbocycles. The van der Waals surface area contributed by atoms with Gasteiger partial charge in [-0.25, -0.2) is 0 Å². The van der Waals surface area contributed by atoms with Gasteiger partial charge < -0.3 is 11.2 Å². The normalized spacial score (nSPS) is 14.3. The number of benzene rings is 1. The lowest BCUT2D eigenvalue weighted by molar-refractivity contribution is 0.259. The highest BCUT2D eigenvalue weighted by molar-refractivity contribution is 5.55. The van der Waals surface area contributed by atoms with Crippen LogP contribution in [0.15, 0.2) is 29.3 Å². The summed E-state index contributed by atoms with van der Waals surface area (Å²) in [7, 11) is 0. The lowest BCUT2D eigenvalue weighted by Gasteiger charge is -2.13. The fourth-order valence-electron chi connectivity index (χ4n) is 1.24. The molecule has 3 N–H and O–H groups in total. The van der Waals surface area contributed by atoms with Gasteiger partial charge in [0.2, 0.25) is 0 Å². The highest BCUT2D eigenvalue weighted by atomic mass is 15.6. The first kappa shape index (κ1) is 11.5. The number of aliphatic imine (C=N–C) groups is 1. The van der Waals surface area contributed by atoms with Crippen LogP contribution in [0, 0.1) is 0 Å². The van der Waals surface area contributed by atoms with Crippen molar-refractivity contribution < 1.29 is 0 Å². The monoisotopic (exact) mass is 206 g/mol. The van der Waals surface area contributed by atoms with E-state index in [4.69, 9.17) is 5.73 Å². The zero-order valence-corrected chi connectivity index (χ0v) is 9.27. The van der Waals surface area contributed by atoms with Crippen LogP contribution in [0.1, 0.15) is 19.4 Å². The predicted molar refractivity (Wildman–Crippen MR) is 64.2 cm³/mol. The second-order valence-electron chi connectivity index (χ2n) is 3.02. The Kier molecular flexibility index (Phi) is 4.63. The van der Waals surface area contributed by atoms with Gasteiger partial charge in [-0.3, -0.25) is 4.99 Å². The summed E-state index contributed by atoms with van der Waals surface area (Å²) >= 11 is 0. The van der Waals surface area contributed by atoms with Crippen molar-refractivity contribution in [3.05, 3.63) is 29.8 Å². The molecule has 1 aromatic carbocycles.